The van der Waals surface area contributed by atoms with Gasteiger partial charge in [0.1, 0.15) is 5.82 Å². The van der Waals surface area contributed by atoms with Crippen LogP contribution in [0.15, 0.2) is 18.2 Å². The number of hydrogen-bond donors (Lipinski definition) is 2. The molecule has 0 atom stereocenters. The van der Waals surface area contributed by atoms with Gasteiger partial charge in [0, 0.05) is 19.4 Å². The molecule has 1 amide bonds. The number of imidazole rings is 1. The van der Waals surface area contributed by atoms with Crippen molar-refractivity contribution in [1.82, 2.24) is 15.3 Å². The molecule has 2 rings (SSSR count). The summed E-state index contributed by atoms with van der Waals surface area (Å²) >= 11 is 0. The van der Waals surface area contributed by atoms with Gasteiger partial charge in [-0.2, -0.15) is 0 Å². The van der Waals surface area contributed by atoms with Gasteiger partial charge in [0.15, 0.2) is 0 Å². The molecule has 1 heterocycles. The molecule has 0 aliphatic heterocycles. The van der Waals surface area contributed by atoms with Gasteiger partial charge in [0.2, 0.25) is 5.91 Å². The second kappa shape index (κ2) is 5.21. The van der Waals surface area contributed by atoms with Crippen LogP contribution in [0.25, 0.3) is 11.0 Å². The average Bonchev–Trinajstić information content (AvgIpc) is 2.71. The van der Waals surface area contributed by atoms with Crippen molar-refractivity contribution in [3.63, 3.8) is 0 Å². The van der Waals surface area contributed by atoms with Crippen LogP contribution in [0.2, 0.25) is 0 Å². The first-order valence-corrected chi connectivity index (χ1v) is 6.29. The number of H-pyrrole nitrogens is 1. The van der Waals surface area contributed by atoms with Crippen LogP contribution in [0.5, 0.6) is 0 Å². The number of nitrogens with zero attached hydrogens (tertiary/aromatic N) is 1. The molecule has 1 aromatic carbocycles. The third-order valence-electron chi connectivity index (χ3n) is 2.90. The highest BCUT2D eigenvalue weighted by Gasteiger charge is 2.06. The second-order valence-electron chi connectivity index (χ2n) is 4.86. The van der Waals surface area contributed by atoms with E-state index in [-0.39, 0.29) is 5.91 Å². The van der Waals surface area contributed by atoms with Crippen molar-refractivity contribution in [3.05, 3.63) is 29.6 Å². The van der Waals surface area contributed by atoms with Gasteiger partial charge in [-0.25, -0.2) is 4.98 Å². The molecule has 2 N–H and O–H groups in total. The van der Waals surface area contributed by atoms with E-state index in [4.69, 9.17) is 0 Å². The maximum Gasteiger partial charge on any atom is 0.216 e. The Kier molecular flexibility index (Phi) is 3.65. The molecule has 0 bridgehead atoms. The lowest BCUT2D eigenvalue weighted by Gasteiger charge is -2.02. The Morgan fingerprint density at radius 3 is 2.89 bits per heavy atom. The summed E-state index contributed by atoms with van der Waals surface area (Å²) in [6.07, 6.45) is 0.839. The highest BCUT2D eigenvalue weighted by Crippen LogP contribution is 2.18. The number of aromatic amines is 1. The molecule has 0 saturated heterocycles. The summed E-state index contributed by atoms with van der Waals surface area (Å²) < 4.78 is 0. The molecule has 0 fully saturated rings. The van der Waals surface area contributed by atoms with Crippen LogP contribution in [0.4, 0.5) is 0 Å². The van der Waals surface area contributed by atoms with Crippen molar-refractivity contribution in [2.75, 3.05) is 6.54 Å². The van der Waals surface area contributed by atoms with Crippen LogP contribution < -0.4 is 5.32 Å². The zero-order valence-electron chi connectivity index (χ0n) is 11.1. The SMILES string of the molecule is CC(=O)NCCc1ccc2nc(C(C)C)[nH]c2c1. The Balaban J connectivity index is 2.14. The van der Waals surface area contributed by atoms with E-state index in [9.17, 15) is 4.79 Å². The van der Waals surface area contributed by atoms with E-state index in [0.717, 1.165) is 23.3 Å². The molecule has 2 aromatic rings. The van der Waals surface area contributed by atoms with Gasteiger partial charge < -0.3 is 10.3 Å². The standard InChI is InChI=1S/C14H19N3O/c1-9(2)14-16-12-5-4-11(8-13(12)17-14)6-7-15-10(3)18/h4-5,8-9H,6-7H2,1-3H3,(H,15,18)(H,16,17). The van der Waals surface area contributed by atoms with E-state index in [0.29, 0.717) is 12.5 Å². The Bertz CT molecular complexity index is 557. The average molecular weight is 245 g/mol. The molecule has 0 radical (unpaired) electrons. The maximum atomic E-state index is 10.8. The van der Waals surface area contributed by atoms with E-state index in [1.54, 1.807) is 0 Å². The minimum atomic E-state index is 0.0136. The number of rotatable bonds is 4. The lowest BCUT2D eigenvalue weighted by molar-refractivity contribution is -0.118. The molecule has 0 aliphatic rings. The fraction of sp³-hybridized carbons (Fsp3) is 0.429. The molecule has 18 heavy (non-hydrogen) atoms. The molecule has 0 aliphatic carbocycles. The largest absolute Gasteiger partial charge is 0.356 e. The summed E-state index contributed by atoms with van der Waals surface area (Å²) in [6, 6.07) is 6.20. The van der Waals surface area contributed by atoms with E-state index in [1.165, 1.54) is 12.5 Å². The van der Waals surface area contributed by atoms with Crippen LogP contribution in [0.1, 0.15) is 38.1 Å². The summed E-state index contributed by atoms with van der Waals surface area (Å²) in [4.78, 5) is 18.7. The predicted octanol–water partition coefficient (Wildman–Crippen LogP) is 2.36. The normalized spacial score (nSPS) is 11.1. The third-order valence-corrected chi connectivity index (χ3v) is 2.90. The number of nitrogens with one attached hydrogen (secondary N) is 2. The zero-order chi connectivity index (χ0) is 13.1. The lowest BCUT2D eigenvalue weighted by atomic mass is 10.1. The van der Waals surface area contributed by atoms with Crippen LogP contribution in [-0.2, 0) is 11.2 Å². The van der Waals surface area contributed by atoms with E-state index in [2.05, 4.69) is 41.3 Å². The van der Waals surface area contributed by atoms with Crippen molar-refractivity contribution in [2.45, 2.75) is 33.1 Å². The van der Waals surface area contributed by atoms with E-state index >= 15 is 0 Å². The molecule has 0 spiro atoms. The number of hydrogen-bond acceptors (Lipinski definition) is 2. The van der Waals surface area contributed by atoms with Crippen molar-refractivity contribution in [3.8, 4) is 0 Å². The van der Waals surface area contributed by atoms with Crippen LogP contribution in [0, 0.1) is 0 Å². The van der Waals surface area contributed by atoms with Crippen LogP contribution in [-0.4, -0.2) is 22.4 Å². The van der Waals surface area contributed by atoms with Crippen molar-refractivity contribution in [1.29, 1.82) is 0 Å². The molecule has 0 saturated carbocycles. The number of fused-ring (bicyclic) bond motifs is 1. The minimum Gasteiger partial charge on any atom is -0.356 e. The molecular weight excluding hydrogens is 226 g/mol. The Morgan fingerprint density at radius 1 is 1.44 bits per heavy atom. The monoisotopic (exact) mass is 245 g/mol. The highest BCUT2D eigenvalue weighted by atomic mass is 16.1. The van der Waals surface area contributed by atoms with Gasteiger partial charge in [0.25, 0.3) is 0 Å². The first-order chi connectivity index (χ1) is 8.56. The third kappa shape index (κ3) is 2.88. The Labute approximate surface area is 107 Å². The highest BCUT2D eigenvalue weighted by molar-refractivity contribution is 5.76. The minimum absolute atomic E-state index is 0.0136. The Hall–Kier alpha value is -1.84. The van der Waals surface area contributed by atoms with Crippen LogP contribution in [0.3, 0.4) is 0 Å². The lowest BCUT2D eigenvalue weighted by Crippen LogP contribution is -2.22. The molecule has 0 unspecified atom stereocenters. The summed E-state index contributed by atoms with van der Waals surface area (Å²) in [7, 11) is 0. The predicted molar refractivity (Wildman–Crippen MR) is 72.6 cm³/mol. The van der Waals surface area contributed by atoms with Crippen molar-refractivity contribution < 1.29 is 4.79 Å². The molecule has 4 nitrogen and oxygen atoms in total. The van der Waals surface area contributed by atoms with Gasteiger partial charge >= 0.3 is 0 Å². The summed E-state index contributed by atoms with van der Waals surface area (Å²) in [5.74, 6) is 1.43. The van der Waals surface area contributed by atoms with Crippen molar-refractivity contribution in [2.24, 2.45) is 0 Å². The number of carbonyl (C=O) groups is 1. The van der Waals surface area contributed by atoms with Gasteiger partial charge in [-0.1, -0.05) is 19.9 Å². The summed E-state index contributed by atoms with van der Waals surface area (Å²) in [6.45, 7) is 6.45. The Morgan fingerprint density at radius 2 is 2.22 bits per heavy atom. The smallest absolute Gasteiger partial charge is 0.216 e. The number of carbonyl (C=O) groups excluding carboxylic acids is 1. The van der Waals surface area contributed by atoms with Gasteiger partial charge in [-0.15, -0.1) is 0 Å². The fourth-order valence-corrected chi connectivity index (χ4v) is 1.89. The van der Waals surface area contributed by atoms with E-state index < -0.39 is 0 Å². The first-order valence-electron chi connectivity index (χ1n) is 6.29. The van der Waals surface area contributed by atoms with Gasteiger partial charge in [0.05, 0.1) is 11.0 Å². The van der Waals surface area contributed by atoms with E-state index in [1.807, 2.05) is 6.07 Å². The molecule has 1 aromatic heterocycles. The summed E-state index contributed by atoms with van der Waals surface area (Å²) in [5.41, 5.74) is 3.27. The number of amides is 1. The first kappa shape index (κ1) is 12.6. The maximum absolute atomic E-state index is 10.8. The molecular formula is C14H19N3O. The quantitative estimate of drug-likeness (QED) is 0.868. The second-order valence-corrected chi connectivity index (χ2v) is 4.86. The van der Waals surface area contributed by atoms with Gasteiger partial charge in [-0.3, -0.25) is 4.79 Å². The number of benzene rings is 1. The fourth-order valence-electron chi connectivity index (χ4n) is 1.89. The van der Waals surface area contributed by atoms with Crippen LogP contribution >= 0.6 is 0 Å². The topological polar surface area (TPSA) is 57.8 Å². The summed E-state index contributed by atoms with van der Waals surface area (Å²) in [5, 5.41) is 2.80. The number of aromatic nitrogens is 2. The zero-order valence-corrected chi connectivity index (χ0v) is 11.1. The molecule has 4 heteroatoms. The van der Waals surface area contributed by atoms with Crippen molar-refractivity contribution >= 4 is 16.9 Å². The molecule has 96 valence electrons. The van der Waals surface area contributed by atoms with Gasteiger partial charge in [-0.05, 0) is 24.1 Å².